The van der Waals surface area contributed by atoms with E-state index in [9.17, 15) is 0 Å². The lowest BCUT2D eigenvalue weighted by Gasteiger charge is -2.22. The molecule has 2 rings (SSSR count). The highest BCUT2D eigenvalue weighted by atomic mass is 16.5. The van der Waals surface area contributed by atoms with E-state index in [0.717, 1.165) is 18.6 Å². The van der Waals surface area contributed by atoms with Gasteiger partial charge >= 0.3 is 0 Å². The molecular weight excluding hydrogens is 162 g/mol. The molecule has 2 N–H and O–H groups in total. The molecule has 2 heteroatoms. The molecule has 1 heterocycles. The van der Waals surface area contributed by atoms with Gasteiger partial charge in [-0.3, -0.25) is 0 Å². The summed E-state index contributed by atoms with van der Waals surface area (Å²) in [6.45, 7) is 2.81. The van der Waals surface area contributed by atoms with Crippen LogP contribution in [0.4, 0.5) is 0 Å². The van der Waals surface area contributed by atoms with Crippen LogP contribution in [0.3, 0.4) is 0 Å². The Hall–Kier alpha value is -1.02. The van der Waals surface area contributed by atoms with Gasteiger partial charge in [-0.1, -0.05) is 19.1 Å². The largest absolute Gasteiger partial charge is 0.492 e. The summed E-state index contributed by atoms with van der Waals surface area (Å²) in [6.07, 6.45) is 2.02. The molecular formula is C11H15NO. The van der Waals surface area contributed by atoms with Gasteiger partial charge in [-0.25, -0.2) is 0 Å². The van der Waals surface area contributed by atoms with Crippen LogP contribution in [0, 0.1) is 0 Å². The van der Waals surface area contributed by atoms with Crippen LogP contribution in [-0.4, -0.2) is 12.6 Å². The molecule has 1 aromatic carbocycles. The first kappa shape index (κ1) is 8.57. The maximum absolute atomic E-state index is 5.82. The van der Waals surface area contributed by atoms with Gasteiger partial charge in [-0.05, 0) is 30.0 Å². The summed E-state index contributed by atoms with van der Waals surface area (Å²) in [5.74, 6) is 1.01. The third-order valence-electron chi connectivity index (χ3n) is 2.47. The van der Waals surface area contributed by atoms with Crippen LogP contribution >= 0.6 is 0 Å². The lowest BCUT2D eigenvalue weighted by Crippen LogP contribution is -2.33. The minimum atomic E-state index is 0.166. The Labute approximate surface area is 78.7 Å². The van der Waals surface area contributed by atoms with Crippen LogP contribution in [0.25, 0.3) is 0 Å². The maximum Gasteiger partial charge on any atom is 0.122 e. The second-order valence-corrected chi connectivity index (χ2v) is 3.57. The molecule has 1 aliphatic rings. The van der Waals surface area contributed by atoms with E-state index in [0.29, 0.717) is 6.61 Å². The number of aryl methyl sites for hydroxylation is 1. The van der Waals surface area contributed by atoms with E-state index in [4.69, 9.17) is 10.5 Å². The molecule has 0 saturated heterocycles. The lowest BCUT2D eigenvalue weighted by atomic mass is 10.00. The van der Waals surface area contributed by atoms with Crippen molar-refractivity contribution in [3.63, 3.8) is 0 Å². The van der Waals surface area contributed by atoms with Gasteiger partial charge in [0.15, 0.2) is 0 Å². The van der Waals surface area contributed by atoms with Crippen molar-refractivity contribution in [3.05, 3.63) is 29.3 Å². The van der Waals surface area contributed by atoms with Gasteiger partial charge in [0.2, 0.25) is 0 Å². The minimum Gasteiger partial charge on any atom is -0.492 e. The fourth-order valence-electron chi connectivity index (χ4n) is 1.69. The Balaban J connectivity index is 2.32. The monoisotopic (exact) mass is 177 g/mol. The third-order valence-corrected chi connectivity index (χ3v) is 2.47. The van der Waals surface area contributed by atoms with E-state index in [-0.39, 0.29) is 6.04 Å². The highest BCUT2D eigenvalue weighted by Crippen LogP contribution is 2.25. The van der Waals surface area contributed by atoms with E-state index in [1.807, 2.05) is 0 Å². The standard InChI is InChI=1S/C11H15NO/c1-2-8-3-4-11-9(5-8)6-10(12)7-13-11/h3-5,10H,2,6-7,12H2,1H3. The van der Waals surface area contributed by atoms with Crippen LogP contribution in [0.5, 0.6) is 5.75 Å². The molecule has 0 radical (unpaired) electrons. The van der Waals surface area contributed by atoms with Crippen LogP contribution in [0.15, 0.2) is 18.2 Å². The first-order chi connectivity index (χ1) is 6.29. The van der Waals surface area contributed by atoms with E-state index in [1.165, 1.54) is 11.1 Å². The van der Waals surface area contributed by atoms with E-state index >= 15 is 0 Å². The molecule has 1 atom stereocenters. The highest BCUT2D eigenvalue weighted by Gasteiger charge is 2.16. The molecule has 0 aromatic heterocycles. The molecule has 1 aliphatic heterocycles. The van der Waals surface area contributed by atoms with Gasteiger partial charge in [-0.15, -0.1) is 0 Å². The number of ether oxygens (including phenoxy) is 1. The lowest BCUT2D eigenvalue weighted by molar-refractivity contribution is 0.263. The van der Waals surface area contributed by atoms with Crippen molar-refractivity contribution in [2.45, 2.75) is 25.8 Å². The van der Waals surface area contributed by atoms with Gasteiger partial charge in [0.05, 0.1) is 0 Å². The zero-order valence-corrected chi connectivity index (χ0v) is 7.92. The molecule has 0 aliphatic carbocycles. The summed E-state index contributed by atoms with van der Waals surface area (Å²) in [7, 11) is 0. The van der Waals surface area contributed by atoms with Crippen LogP contribution in [-0.2, 0) is 12.8 Å². The predicted molar refractivity (Wildman–Crippen MR) is 53.0 cm³/mol. The molecule has 13 heavy (non-hydrogen) atoms. The highest BCUT2D eigenvalue weighted by molar-refractivity contribution is 5.39. The summed E-state index contributed by atoms with van der Waals surface area (Å²) in [6, 6.07) is 6.55. The van der Waals surface area contributed by atoms with Crippen molar-refractivity contribution in [2.24, 2.45) is 5.73 Å². The number of hydrogen-bond acceptors (Lipinski definition) is 2. The molecule has 0 amide bonds. The number of fused-ring (bicyclic) bond motifs is 1. The molecule has 0 fully saturated rings. The molecule has 0 spiro atoms. The van der Waals surface area contributed by atoms with Crippen molar-refractivity contribution in [1.82, 2.24) is 0 Å². The van der Waals surface area contributed by atoms with E-state index in [1.54, 1.807) is 0 Å². The topological polar surface area (TPSA) is 35.2 Å². The Morgan fingerprint density at radius 2 is 2.38 bits per heavy atom. The zero-order valence-electron chi connectivity index (χ0n) is 7.92. The molecule has 70 valence electrons. The second-order valence-electron chi connectivity index (χ2n) is 3.57. The number of rotatable bonds is 1. The van der Waals surface area contributed by atoms with E-state index < -0.39 is 0 Å². The fraction of sp³-hybridized carbons (Fsp3) is 0.455. The van der Waals surface area contributed by atoms with Crippen LogP contribution in [0.2, 0.25) is 0 Å². The smallest absolute Gasteiger partial charge is 0.122 e. The SMILES string of the molecule is CCc1ccc2c(c1)CC(N)CO2. The summed E-state index contributed by atoms with van der Waals surface area (Å²) in [5, 5.41) is 0. The van der Waals surface area contributed by atoms with Crippen molar-refractivity contribution in [1.29, 1.82) is 0 Å². The first-order valence-corrected chi connectivity index (χ1v) is 4.79. The van der Waals surface area contributed by atoms with Crippen molar-refractivity contribution in [2.75, 3.05) is 6.61 Å². The van der Waals surface area contributed by atoms with Gasteiger partial charge in [-0.2, -0.15) is 0 Å². The molecule has 0 saturated carbocycles. The quantitative estimate of drug-likeness (QED) is 0.705. The van der Waals surface area contributed by atoms with Crippen molar-refractivity contribution >= 4 is 0 Å². The molecule has 0 bridgehead atoms. The average molecular weight is 177 g/mol. The van der Waals surface area contributed by atoms with Gasteiger partial charge < -0.3 is 10.5 Å². The summed E-state index contributed by atoms with van der Waals surface area (Å²) >= 11 is 0. The summed E-state index contributed by atoms with van der Waals surface area (Å²) in [5.41, 5.74) is 8.44. The van der Waals surface area contributed by atoms with Gasteiger partial charge in [0.1, 0.15) is 12.4 Å². The zero-order chi connectivity index (χ0) is 9.26. The van der Waals surface area contributed by atoms with Crippen molar-refractivity contribution < 1.29 is 4.74 Å². The number of hydrogen-bond donors (Lipinski definition) is 1. The Kier molecular flexibility index (Phi) is 2.23. The fourth-order valence-corrected chi connectivity index (χ4v) is 1.69. The van der Waals surface area contributed by atoms with Crippen LogP contribution < -0.4 is 10.5 Å². The average Bonchev–Trinajstić information content (AvgIpc) is 2.16. The number of nitrogens with two attached hydrogens (primary N) is 1. The first-order valence-electron chi connectivity index (χ1n) is 4.79. The van der Waals surface area contributed by atoms with Gasteiger partial charge in [0.25, 0.3) is 0 Å². The summed E-state index contributed by atoms with van der Waals surface area (Å²) < 4.78 is 5.51. The van der Waals surface area contributed by atoms with E-state index in [2.05, 4.69) is 25.1 Å². The Morgan fingerprint density at radius 1 is 1.54 bits per heavy atom. The molecule has 1 unspecified atom stereocenters. The Bertz CT molecular complexity index is 309. The second kappa shape index (κ2) is 3.38. The van der Waals surface area contributed by atoms with Crippen LogP contribution in [0.1, 0.15) is 18.1 Å². The molecule has 2 nitrogen and oxygen atoms in total. The summed E-state index contributed by atoms with van der Waals surface area (Å²) in [4.78, 5) is 0. The molecule has 1 aromatic rings. The third kappa shape index (κ3) is 1.68. The Morgan fingerprint density at radius 3 is 3.15 bits per heavy atom. The minimum absolute atomic E-state index is 0.166. The van der Waals surface area contributed by atoms with Gasteiger partial charge in [0, 0.05) is 6.04 Å². The normalized spacial score (nSPS) is 20.6. The van der Waals surface area contributed by atoms with Crippen molar-refractivity contribution in [3.8, 4) is 5.75 Å². The number of benzene rings is 1. The maximum atomic E-state index is 5.82. The predicted octanol–water partition coefficient (Wildman–Crippen LogP) is 1.51.